The van der Waals surface area contributed by atoms with Crippen LogP contribution in [0.1, 0.15) is 17.5 Å². The van der Waals surface area contributed by atoms with Crippen molar-refractivity contribution < 1.29 is 14.1 Å². The quantitative estimate of drug-likeness (QED) is 0.622. The zero-order valence-corrected chi connectivity index (χ0v) is 17.5. The largest absolute Gasteiger partial charge is 0.497 e. The van der Waals surface area contributed by atoms with E-state index in [0.29, 0.717) is 12.8 Å². The fourth-order valence-corrected chi connectivity index (χ4v) is 3.89. The van der Waals surface area contributed by atoms with E-state index in [2.05, 4.69) is 35.2 Å². The number of piperazine rings is 1. The molecule has 2 heterocycles. The van der Waals surface area contributed by atoms with Gasteiger partial charge in [-0.05, 0) is 31.5 Å². The lowest BCUT2D eigenvalue weighted by atomic mass is 10.0. The summed E-state index contributed by atoms with van der Waals surface area (Å²) in [6.07, 6.45) is 2.74. The molecule has 3 aromatic rings. The summed E-state index contributed by atoms with van der Waals surface area (Å²) in [5.74, 6) is 1.03. The van der Waals surface area contributed by atoms with E-state index in [-0.39, 0.29) is 5.91 Å². The summed E-state index contributed by atoms with van der Waals surface area (Å²) in [6.45, 7) is 5.15. The number of ether oxygens (including phenoxy) is 1. The fraction of sp³-hybridized carbons (Fsp3) is 0.333. The third-order valence-corrected chi connectivity index (χ3v) is 5.59. The number of anilines is 1. The molecule has 0 saturated carbocycles. The molecular weight excluding hydrogens is 378 g/mol. The third-order valence-electron chi connectivity index (χ3n) is 5.59. The Bertz CT molecular complexity index is 1010. The number of amides is 1. The van der Waals surface area contributed by atoms with Crippen molar-refractivity contribution in [2.75, 3.05) is 38.2 Å². The topological polar surface area (TPSA) is 58.8 Å². The molecule has 0 aliphatic carbocycles. The molecule has 4 rings (SSSR count). The highest BCUT2D eigenvalue weighted by atomic mass is 16.5. The minimum atomic E-state index is 0.177. The zero-order chi connectivity index (χ0) is 20.9. The lowest BCUT2D eigenvalue weighted by Gasteiger charge is -2.36. The molecular formula is C24H27N3O3. The summed E-state index contributed by atoms with van der Waals surface area (Å²) in [5.41, 5.74) is 5.14. The highest BCUT2D eigenvalue weighted by Gasteiger charge is 2.22. The average Bonchev–Trinajstić information content (AvgIpc) is 3.26. The Morgan fingerprint density at radius 3 is 2.67 bits per heavy atom. The van der Waals surface area contributed by atoms with Crippen molar-refractivity contribution >= 4 is 11.6 Å². The predicted octanol–water partition coefficient (Wildman–Crippen LogP) is 3.94. The molecule has 6 nitrogen and oxygen atoms in total. The van der Waals surface area contributed by atoms with E-state index in [4.69, 9.17) is 9.26 Å². The van der Waals surface area contributed by atoms with Crippen LogP contribution in [0.3, 0.4) is 0 Å². The molecule has 1 aromatic heterocycles. The van der Waals surface area contributed by atoms with Crippen molar-refractivity contribution in [2.24, 2.45) is 0 Å². The number of methoxy groups -OCH3 is 1. The maximum absolute atomic E-state index is 12.8. The van der Waals surface area contributed by atoms with Gasteiger partial charge in [0.2, 0.25) is 5.91 Å². The van der Waals surface area contributed by atoms with Crippen molar-refractivity contribution in [3.8, 4) is 17.0 Å². The molecule has 30 heavy (non-hydrogen) atoms. The molecule has 2 aromatic carbocycles. The van der Waals surface area contributed by atoms with Crippen LogP contribution in [0.15, 0.2) is 59.3 Å². The maximum Gasteiger partial charge on any atom is 0.223 e. The van der Waals surface area contributed by atoms with Gasteiger partial charge >= 0.3 is 0 Å². The van der Waals surface area contributed by atoms with Crippen LogP contribution in [-0.4, -0.2) is 49.3 Å². The number of aromatic nitrogens is 1. The van der Waals surface area contributed by atoms with Gasteiger partial charge in [0.25, 0.3) is 0 Å². The smallest absolute Gasteiger partial charge is 0.223 e. The summed E-state index contributed by atoms with van der Waals surface area (Å²) >= 11 is 0. The summed E-state index contributed by atoms with van der Waals surface area (Å²) in [6, 6.07) is 16.2. The highest BCUT2D eigenvalue weighted by molar-refractivity contribution is 5.77. The Hall–Kier alpha value is -3.28. The Morgan fingerprint density at radius 1 is 1.10 bits per heavy atom. The SMILES string of the molecule is COc1cccc(N2CCN(C(=O)CCc3conc3-c3cccc(C)c3)CC2)c1. The number of carbonyl (C=O) groups is 1. The molecule has 0 radical (unpaired) electrons. The van der Waals surface area contributed by atoms with Gasteiger partial charge in [0.15, 0.2) is 0 Å². The predicted molar refractivity (Wildman–Crippen MR) is 117 cm³/mol. The minimum absolute atomic E-state index is 0.177. The molecule has 1 aliphatic rings. The molecule has 0 N–H and O–H groups in total. The van der Waals surface area contributed by atoms with Crippen LogP contribution >= 0.6 is 0 Å². The molecule has 1 amide bonds. The number of benzene rings is 2. The van der Waals surface area contributed by atoms with Crippen molar-refractivity contribution in [1.82, 2.24) is 10.1 Å². The van der Waals surface area contributed by atoms with E-state index in [0.717, 1.165) is 54.4 Å². The molecule has 1 aliphatic heterocycles. The van der Waals surface area contributed by atoms with Crippen LogP contribution in [0.2, 0.25) is 0 Å². The molecule has 6 heteroatoms. The van der Waals surface area contributed by atoms with Crippen molar-refractivity contribution in [3.63, 3.8) is 0 Å². The summed E-state index contributed by atoms with van der Waals surface area (Å²) in [4.78, 5) is 17.0. The van der Waals surface area contributed by atoms with Gasteiger partial charge < -0.3 is 19.1 Å². The zero-order valence-electron chi connectivity index (χ0n) is 17.5. The summed E-state index contributed by atoms with van der Waals surface area (Å²) < 4.78 is 10.5. The lowest BCUT2D eigenvalue weighted by molar-refractivity contribution is -0.131. The van der Waals surface area contributed by atoms with E-state index in [1.54, 1.807) is 13.4 Å². The van der Waals surface area contributed by atoms with Crippen LogP contribution in [0.4, 0.5) is 5.69 Å². The van der Waals surface area contributed by atoms with Gasteiger partial charge in [0, 0.05) is 55.5 Å². The molecule has 0 atom stereocenters. The first-order valence-corrected chi connectivity index (χ1v) is 10.3. The van der Waals surface area contributed by atoms with Crippen LogP contribution < -0.4 is 9.64 Å². The normalized spacial score (nSPS) is 14.1. The second kappa shape index (κ2) is 9.03. The van der Waals surface area contributed by atoms with Gasteiger partial charge in [-0.1, -0.05) is 35.0 Å². The Kier molecular flexibility index (Phi) is 6.02. The van der Waals surface area contributed by atoms with Gasteiger partial charge in [-0.2, -0.15) is 0 Å². The summed E-state index contributed by atoms with van der Waals surface area (Å²) in [7, 11) is 1.68. The molecule has 1 fully saturated rings. The number of nitrogens with zero attached hydrogens (tertiary/aromatic N) is 3. The van der Waals surface area contributed by atoms with Gasteiger partial charge in [0.1, 0.15) is 17.7 Å². The van der Waals surface area contributed by atoms with Crippen molar-refractivity contribution in [3.05, 3.63) is 65.9 Å². The van der Waals surface area contributed by atoms with E-state index in [1.165, 1.54) is 5.56 Å². The maximum atomic E-state index is 12.8. The Morgan fingerprint density at radius 2 is 1.90 bits per heavy atom. The standard InChI is InChI=1S/C24H27N3O3/c1-18-5-3-6-19(15-18)24-20(17-30-25-24)9-10-23(28)27-13-11-26(12-14-27)21-7-4-8-22(16-21)29-2/h3-8,15-17H,9-14H2,1-2H3. The first kappa shape index (κ1) is 20.0. The summed E-state index contributed by atoms with van der Waals surface area (Å²) in [5, 5.41) is 4.16. The van der Waals surface area contributed by atoms with E-state index >= 15 is 0 Å². The minimum Gasteiger partial charge on any atom is -0.497 e. The first-order chi connectivity index (χ1) is 14.6. The van der Waals surface area contributed by atoms with E-state index < -0.39 is 0 Å². The van der Waals surface area contributed by atoms with Gasteiger partial charge in [-0.3, -0.25) is 4.79 Å². The highest BCUT2D eigenvalue weighted by Crippen LogP contribution is 2.25. The molecule has 0 spiro atoms. The number of hydrogen-bond acceptors (Lipinski definition) is 5. The molecule has 1 saturated heterocycles. The second-order valence-corrected chi connectivity index (χ2v) is 7.63. The van der Waals surface area contributed by atoms with Crippen molar-refractivity contribution in [2.45, 2.75) is 19.8 Å². The number of rotatable bonds is 6. The fourth-order valence-electron chi connectivity index (χ4n) is 3.89. The van der Waals surface area contributed by atoms with Crippen LogP contribution in [0.5, 0.6) is 5.75 Å². The average molecular weight is 405 g/mol. The molecule has 0 bridgehead atoms. The van der Waals surface area contributed by atoms with E-state index in [9.17, 15) is 4.79 Å². The van der Waals surface area contributed by atoms with E-state index in [1.807, 2.05) is 35.2 Å². The van der Waals surface area contributed by atoms with Crippen LogP contribution in [0, 0.1) is 6.92 Å². The van der Waals surface area contributed by atoms with Gasteiger partial charge in [-0.15, -0.1) is 0 Å². The van der Waals surface area contributed by atoms with Gasteiger partial charge in [-0.25, -0.2) is 0 Å². The number of hydrogen-bond donors (Lipinski definition) is 0. The Labute approximate surface area is 177 Å². The first-order valence-electron chi connectivity index (χ1n) is 10.3. The van der Waals surface area contributed by atoms with Crippen molar-refractivity contribution in [1.29, 1.82) is 0 Å². The van der Waals surface area contributed by atoms with Crippen LogP contribution in [0.25, 0.3) is 11.3 Å². The Balaban J connectivity index is 1.32. The molecule has 156 valence electrons. The van der Waals surface area contributed by atoms with Gasteiger partial charge in [0.05, 0.1) is 7.11 Å². The third kappa shape index (κ3) is 4.48. The number of aryl methyl sites for hydroxylation is 2. The number of carbonyl (C=O) groups excluding carboxylic acids is 1. The molecule has 0 unspecified atom stereocenters. The lowest BCUT2D eigenvalue weighted by Crippen LogP contribution is -2.48. The van der Waals surface area contributed by atoms with Crippen LogP contribution in [-0.2, 0) is 11.2 Å². The monoisotopic (exact) mass is 405 g/mol. The second-order valence-electron chi connectivity index (χ2n) is 7.63.